The lowest BCUT2D eigenvalue weighted by Crippen LogP contribution is -1.92. The fraction of sp³-hybridized carbons (Fsp3) is 0.0769. The van der Waals surface area contributed by atoms with Crippen LogP contribution in [0, 0.1) is 24.1 Å². The fourth-order valence-electron chi connectivity index (χ4n) is 1.37. The third-order valence-electron chi connectivity index (χ3n) is 2.24. The van der Waals surface area contributed by atoms with Crippen LogP contribution < -0.4 is 4.74 Å². The molecule has 0 bridgehead atoms. The van der Waals surface area contributed by atoms with Gasteiger partial charge in [-0.05, 0) is 37.3 Å². The lowest BCUT2D eigenvalue weighted by Gasteiger charge is -2.08. The normalized spacial score (nSPS) is 9.71. The highest BCUT2D eigenvalue weighted by molar-refractivity contribution is 5.45. The minimum Gasteiger partial charge on any atom is -0.454 e. The van der Waals surface area contributed by atoms with E-state index in [1.165, 1.54) is 12.1 Å². The van der Waals surface area contributed by atoms with Crippen molar-refractivity contribution in [2.45, 2.75) is 6.92 Å². The van der Waals surface area contributed by atoms with Crippen LogP contribution in [0.15, 0.2) is 36.5 Å². The number of pyridine rings is 1. The summed E-state index contributed by atoms with van der Waals surface area (Å²) in [5.41, 5.74) is 0.869. The van der Waals surface area contributed by atoms with Crippen LogP contribution >= 0.6 is 0 Å². The van der Waals surface area contributed by atoms with Crippen molar-refractivity contribution in [1.82, 2.24) is 4.98 Å². The number of hydrogen-bond donors (Lipinski definition) is 0. The maximum Gasteiger partial charge on any atom is 0.148 e. The Bertz CT molecular complexity index is 590. The predicted octanol–water partition coefficient (Wildman–Crippen LogP) is 3.19. The molecule has 4 heteroatoms. The Morgan fingerprint density at radius 2 is 2.12 bits per heavy atom. The molecule has 0 fully saturated rings. The highest BCUT2D eigenvalue weighted by atomic mass is 19.1. The van der Waals surface area contributed by atoms with Gasteiger partial charge in [-0.2, -0.15) is 5.26 Å². The van der Waals surface area contributed by atoms with Gasteiger partial charge in [0.25, 0.3) is 0 Å². The molecule has 0 saturated carbocycles. The van der Waals surface area contributed by atoms with E-state index in [4.69, 9.17) is 10.00 Å². The highest BCUT2D eigenvalue weighted by Crippen LogP contribution is 2.26. The number of nitriles is 1. The van der Waals surface area contributed by atoms with Crippen LogP contribution in [0.5, 0.6) is 11.5 Å². The van der Waals surface area contributed by atoms with E-state index in [-0.39, 0.29) is 5.56 Å². The summed E-state index contributed by atoms with van der Waals surface area (Å²) in [5, 5.41) is 8.88. The maximum atomic E-state index is 12.9. The van der Waals surface area contributed by atoms with Crippen molar-refractivity contribution in [3.63, 3.8) is 0 Å². The molecule has 1 aromatic heterocycles. The van der Waals surface area contributed by atoms with E-state index in [0.717, 1.165) is 6.07 Å². The minimum atomic E-state index is -0.461. The second-order valence-electron chi connectivity index (χ2n) is 3.44. The Morgan fingerprint density at radius 3 is 2.82 bits per heavy atom. The third kappa shape index (κ3) is 2.40. The first-order chi connectivity index (χ1) is 8.20. The summed E-state index contributed by atoms with van der Waals surface area (Å²) in [7, 11) is 0. The van der Waals surface area contributed by atoms with Crippen molar-refractivity contribution in [3.8, 4) is 17.6 Å². The van der Waals surface area contributed by atoms with Gasteiger partial charge in [0, 0.05) is 6.20 Å². The van der Waals surface area contributed by atoms with Gasteiger partial charge in [0.05, 0.1) is 11.3 Å². The van der Waals surface area contributed by atoms with E-state index in [1.807, 2.05) is 6.07 Å². The molecule has 84 valence electrons. The molecule has 0 saturated heterocycles. The van der Waals surface area contributed by atoms with Gasteiger partial charge < -0.3 is 4.74 Å². The molecule has 2 aromatic rings. The van der Waals surface area contributed by atoms with Gasteiger partial charge in [-0.3, -0.25) is 4.98 Å². The molecule has 0 aliphatic rings. The molecular weight excluding hydrogens is 219 g/mol. The fourth-order valence-corrected chi connectivity index (χ4v) is 1.37. The van der Waals surface area contributed by atoms with Crippen molar-refractivity contribution < 1.29 is 9.13 Å². The van der Waals surface area contributed by atoms with E-state index in [2.05, 4.69) is 4.98 Å². The topological polar surface area (TPSA) is 45.9 Å². The summed E-state index contributed by atoms with van der Waals surface area (Å²) in [4.78, 5) is 4.07. The number of nitrogens with zero attached hydrogens (tertiary/aromatic N) is 2. The van der Waals surface area contributed by atoms with Crippen LogP contribution in [-0.2, 0) is 0 Å². The lowest BCUT2D eigenvalue weighted by molar-refractivity contribution is 0.472. The summed E-state index contributed by atoms with van der Waals surface area (Å²) < 4.78 is 18.5. The molecule has 0 radical (unpaired) electrons. The van der Waals surface area contributed by atoms with Gasteiger partial charge in [0.2, 0.25) is 0 Å². The average molecular weight is 228 g/mol. The Labute approximate surface area is 98.1 Å². The van der Waals surface area contributed by atoms with Gasteiger partial charge in [-0.1, -0.05) is 0 Å². The molecule has 3 nitrogen and oxygen atoms in total. The quantitative estimate of drug-likeness (QED) is 0.792. The molecule has 0 aliphatic carbocycles. The monoisotopic (exact) mass is 228 g/mol. The van der Waals surface area contributed by atoms with Crippen LogP contribution in [0.2, 0.25) is 0 Å². The van der Waals surface area contributed by atoms with Crippen molar-refractivity contribution in [2.24, 2.45) is 0 Å². The van der Waals surface area contributed by atoms with Crippen molar-refractivity contribution in [1.29, 1.82) is 5.26 Å². The lowest BCUT2D eigenvalue weighted by atomic mass is 10.2. The van der Waals surface area contributed by atoms with E-state index in [9.17, 15) is 4.39 Å². The summed E-state index contributed by atoms with van der Waals surface area (Å²) in [5.74, 6) is 0.414. The van der Waals surface area contributed by atoms with Crippen molar-refractivity contribution in [2.75, 3.05) is 0 Å². The van der Waals surface area contributed by atoms with Gasteiger partial charge in [0.1, 0.15) is 23.4 Å². The van der Waals surface area contributed by atoms with Crippen molar-refractivity contribution >= 4 is 0 Å². The predicted molar refractivity (Wildman–Crippen MR) is 60.2 cm³/mol. The second-order valence-corrected chi connectivity index (χ2v) is 3.44. The van der Waals surface area contributed by atoms with Crippen LogP contribution in [-0.4, -0.2) is 4.98 Å². The second kappa shape index (κ2) is 4.62. The molecule has 0 spiro atoms. The number of aromatic nitrogens is 1. The van der Waals surface area contributed by atoms with Gasteiger partial charge in [-0.15, -0.1) is 0 Å². The van der Waals surface area contributed by atoms with Crippen LogP contribution in [0.4, 0.5) is 4.39 Å². The molecule has 17 heavy (non-hydrogen) atoms. The maximum absolute atomic E-state index is 12.9. The first-order valence-corrected chi connectivity index (χ1v) is 5.00. The zero-order chi connectivity index (χ0) is 12.3. The van der Waals surface area contributed by atoms with Crippen molar-refractivity contribution in [3.05, 3.63) is 53.6 Å². The number of benzene rings is 1. The van der Waals surface area contributed by atoms with Gasteiger partial charge >= 0.3 is 0 Å². The van der Waals surface area contributed by atoms with E-state index < -0.39 is 5.82 Å². The van der Waals surface area contributed by atoms with E-state index in [0.29, 0.717) is 17.2 Å². The molecule has 0 amide bonds. The minimum absolute atomic E-state index is 0.160. The Kier molecular flexibility index (Phi) is 3.01. The summed E-state index contributed by atoms with van der Waals surface area (Å²) in [6.45, 7) is 1.80. The Morgan fingerprint density at radius 1 is 1.29 bits per heavy atom. The van der Waals surface area contributed by atoms with Gasteiger partial charge in [-0.25, -0.2) is 4.39 Å². The van der Waals surface area contributed by atoms with E-state index >= 15 is 0 Å². The van der Waals surface area contributed by atoms with Crippen LogP contribution in [0.1, 0.15) is 11.3 Å². The molecule has 0 aliphatic heterocycles. The van der Waals surface area contributed by atoms with Gasteiger partial charge in [0.15, 0.2) is 0 Å². The third-order valence-corrected chi connectivity index (χ3v) is 2.24. The molecule has 1 heterocycles. The number of hydrogen-bond acceptors (Lipinski definition) is 3. The molecular formula is C13H9FN2O. The zero-order valence-corrected chi connectivity index (χ0v) is 9.14. The summed E-state index contributed by atoms with van der Waals surface area (Å²) in [6, 6.07) is 9.19. The number of ether oxygens (including phenoxy) is 1. The Balaban J connectivity index is 2.37. The molecule has 1 aromatic carbocycles. The molecule has 0 N–H and O–H groups in total. The highest BCUT2D eigenvalue weighted by Gasteiger charge is 2.07. The van der Waals surface area contributed by atoms with Crippen LogP contribution in [0.25, 0.3) is 0 Å². The molecule has 2 rings (SSSR count). The average Bonchev–Trinajstić information content (AvgIpc) is 2.34. The summed E-state index contributed by atoms with van der Waals surface area (Å²) >= 11 is 0. The molecule has 0 atom stereocenters. The number of rotatable bonds is 2. The zero-order valence-electron chi connectivity index (χ0n) is 9.14. The smallest absolute Gasteiger partial charge is 0.148 e. The number of aryl methyl sites for hydroxylation is 1. The standard InChI is InChI=1S/C13H9FN2O/c1-9-12(3-2-6-16-9)17-13-5-4-11(14)7-10(13)8-15/h2-7H,1H3. The summed E-state index contributed by atoms with van der Waals surface area (Å²) in [6.07, 6.45) is 1.65. The largest absolute Gasteiger partial charge is 0.454 e. The SMILES string of the molecule is Cc1ncccc1Oc1ccc(F)cc1C#N. The van der Waals surface area contributed by atoms with E-state index in [1.54, 1.807) is 25.3 Å². The Hall–Kier alpha value is -2.41. The number of halogens is 1. The molecule has 0 unspecified atom stereocenters. The first kappa shape index (κ1) is 11.1. The first-order valence-electron chi connectivity index (χ1n) is 5.00. The van der Waals surface area contributed by atoms with Crippen LogP contribution in [0.3, 0.4) is 0 Å².